The first-order chi connectivity index (χ1) is 5.54. The first-order valence-electron chi connectivity index (χ1n) is 2.74. The number of hydrogen-bond donors (Lipinski definition) is 4. The number of hydroxylamine groups is 1. The molecule has 0 aromatic heterocycles. The topological polar surface area (TPSA) is 122 Å². The summed E-state index contributed by atoms with van der Waals surface area (Å²) < 4.78 is 3.93. The average Bonchev–Trinajstić information content (AvgIpc) is 2.02. The van der Waals surface area contributed by atoms with Gasteiger partial charge in [0.15, 0.2) is 0 Å². The van der Waals surface area contributed by atoms with E-state index in [1.54, 1.807) is 6.92 Å². The highest BCUT2D eigenvalue weighted by atomic mass is 16.7. The maximum absolute atomic E-state index is 9.48. The van der Waals surface area contributed by atoms with Crippen LogP contribution in [0.2, 0.25) is 0 Å². The molecule has 12 heavy (non-hydrogen) atoms. The Balaban J connectivity index is 0. The summed E-state index contributed by atoms with van der Waals surface area (Å²) in [6.45, 7) is 1.67. The number of carboxylic acid groups (broad SMARTS) is 1. The van der Waals surface area contributed by atoms with Gasteiger partial charge >= 0.3 is 12.2 Å². The van der Waals surface area contributed by atoms with Crippen molar-refractivity contribution in [3.05, 3.63) is 12.3 Å². The molecule has 7 nitrogen and oxygen atoms in total. The molecule has 0 aliphatic heterocycles. The van der Waals surface area contributed by atoms with Crippen LogP contribution in [-0.4, -0.2) is 22.5 Å². The van der Waals surface area contributed by atoms with Gasteiger partial charge in [-0.15, -0.1) is 0 Å². The van der Waals surface area contributed by atoms with E-state index < -0.39 is 12.2 Å². The molecule has 0 spiro atoms. The SMILES string of the molecule is C/C=C/OC(=O)O.NC(=O)NO. The summed E-state index contributed by atoms with van der Waals surface area (Å²) >= 11 is 0. The third kappa shape index (κ3) is 24.0. The van der Waals surface area contributed by atoms with Crippen LogP contribution in [0, 0.1) is 0 Å². The fourth-order valence-electron chi connectivity index (χ4n) is 0.126. The molecule has 0 fully saturated rings. The fourth-order valence-corrected chi connectivity index (χ4v) is 0.126. The maximum atomic E-state index is 9.48. The second-order valence-corrected chi connectivity index (χ2v) is 1.33. The van der Waals surface area contributed by atoms with Crippen molar-refractivity contribution in [2.75, 3.05) is 0 Å². The fraction of sp³-hybridized carbons (Fsp3) is 0.200. The zero-order valence-corrected chi connectivity index (χ0v) is 6.35. The smallest absolute Gasteiger partial charge is 0.449 e. The van der Waals surface area contributed by atoms with Gasteiger partial charge in [-0.1, -0.05) is 6.08 Å². The molecule has 0 aromatic carbocycles. The number of nitrogens with one attached hydrogen (secondary N) is 1. The standard InChI is InChI=1S/C4H6O3.CH4N2O2/c1-2-3-7-4(5)6;2-1(4)3-5/h2-3H,1H3,(H,5,6);5H,(H3,2,3,4)/b3-2+;. The van der Waals surface area contributed by atoms with E-state index in [-0.39, 0.29) is 0 Å². The van der Waals surface area contributed by atoms with Crippen LogP contribution in [0.15, 0.2) is 12.3 Å². The Labute approximate surface area is 68.4 Å². The number of nitrogens with two attached hydrogens (primary N) is 1. The summed E-state index contributed by atoms with van der Waals surface area (Å²) in [7, 11) is 0. The van der Waals surface area contributed by atoms with E-state index in [0.717, 1.165) is 6.26 Å². The van der Waals surface area contributed by atoms with Crippen molar-refractivity contribution in [2.24, 2.45) is 5.73 Å². The molecule has 0 rings (SSSR count). The summed E-state index contributed by atoms with van der Waals surface area (Å²) in [4.78, 5) is 18.7. The molecule has 0 aliphatic rings. The minimum absolute atomic E-state index is 0.940. The largest absolute Gasteiger partial charge is 0.510 e. The van der Waals surface area contributed by atoms with E-state index >= 15 is 0 Å². The predicted octanol–water partition coefficient (Wildman–Crippen LogP) is 0.259. The lowest BCUT2D eigenvalue weighted by Gasteiger charge is -1.83. The van der Waals surface area contributed by atoms with Crippen LogP contribution >= 0.6 is 0 Å². The van der Waals surface area contributed by atoms with Crippen LogP contribution in [0.4, 0.5) is 9.59 Å². The van der Waals surface area contributed by atoms with Crippen molar-refractivity contribution in [2.45, 2.75) is 6.92 Å². The zero-order valence-electron chi connectivity index (χ0n) is 6.35. The number of hydrogen-bond acceptors (Lipinski definition) is 4. The molecule has 0 heterocycles. The molecule has 5 N–H and O–H groups in total. The minimum atomic E-state index is -1.28. The summed E-state index contributed by atoms with van der Waals surface area (Å²) in [5.41, 5.74) is 5.46. The Morgan fingerprint density at radius 3 is 2.08 bits per heavy atom. The van der Waals surface area contributed by atoms with Crippen LogP contribution in [0.3, 0.4) is 0 Å². The summed E-state index contributed by atoms with van der Waals surface area (Å²) in [6, 6.07) is -0.940. The second kappa shape index (κ2) is 9.24. The molecule has 0 aliphatic carbocycles. The van der Waals surface area contributed by atoms with Gasteiger partial charge in [0.05, 0.1) is 6.26 Å². The van der Waals surface area contributed by atoms with Crippen molar-refractivity contribution in [3.8, 4) is 0 Å². The van der Waals surface area contributed by atoms with Crippen molar-refractivity contribution >= 4 is 12.2 Å². The Morgan fingerprint density at radius 2 is 2.00 bits per heavy atom. The molecule has 2 amide bonds. The van der Waals surface area contributed by atoms with Gasteiger partial charge in [0.1, 0.15) is 0 Å². The van der Waals surface area contributed by atoms with Crippen molar-refractivity contribution in [1.29, 1.82) is 0 Å². The molecule has 0 saturated heterocycles. The first kappa shape index (κ1) is 12.9. The predicted molar refractivity (Wildman–Crippen MR) is 38.4 cm³/mol. The number of carbonyl (C=O) groups is 2. The van der Waals surface area contributed by atoms with E-state index in [2.05, 4.69) is 10.5 Å². The van der Waals surface area contributed by atoms with E-state index in [0.29, 0.717) is 0 Å². The zero-order chi connectivity index (χ0) is 9.98. The Morgan fingerprint density at radius 1 is 1.58 bits per heavy atom. The number of ether oxygens (including phenoxy) is 1. The average molecular weight is 178 g/mol. The number of primary amides is 1. The maximum Gasteiger partial charge on any atom is 0.510 e. The molecule has 0 aromatic rings. The van der Waals surface area contributed by atoms with Crippen LogP contribution in [0.25, 0.3) is 0 Å². The first-order valence-corrected chi connectivity index (χ1v) is 2.74. The highest BCUT2D eigenvalue weighted by Crippen LogP contribution is 1.75. The molecular weight excluding hydrogens is 168 g/mol. The number of carbonyl (C=O) groups excluding carboxylic acids is 1. The number of urea groups is 1. The third-order valence-electron chi connectivity index (χ3n) is 0.415. The van der Waals surface area contributed by atoms with Gasteiger partial charge in [0.2, 0.25) is 0 Å². The molecule has 0 unspecified atom stereocenters. The Bertz CT molecular complexity index is 167. The molecule has 0 bridgehead atoms. The quantitative estimate of drug-likeness (QED) is 0.198. The van der Waals surface area contributed by atoms with Crippen LogP contribution in [0.5, 0.6) is 0 Å². The Hall–Kier alpha value is -1.76. The van der Waals surface area contributed by atoms with Crippen LogP contribution < -0.4 is 11.2 Å². The highest BCUT2D eigenvalue weighted by Gasteiger charge is 1.85. The lowest BCUT2D eigenvalue weighted by atomic mass is 10.7. The van der Waals surface area contributed by atoms with Gasteiger partial charge < -0.3 is 15.6 Å². The van der Waals surface area contributed by atoms with Gasteiger partial charge in [-0.2, -0.15) is 0 Å². The molecular formula is C5H10N2O5. The lowest BCUT2D eigenvalue weighted by molar-refractivity contribution is 0.128. The van der Waals surface area contributed by atoms with Gasteiger partial charge in [-0.05, 0) is 6.92 Å². The van der Waals surface area contributed by atoms with E-state index in [9.17, 15) is 9.59 Å². The van der Waals surface area contributed by atoms with Gasteiger partial charge in [-0.25, -0.2) is 15.1 Å². The third-order valence-corrected chi connectivity index (χ3v) is 0.415. The summed E-state index contributed by atoms with van der Waals surface area (Å²) in [6.07, 6.45) is 1.31. The van der Waals surface area contributed by atoms with Crippen LogP contribution in [0.1, 0.15) is 6.92 Å². The van der Waals surface area contributed by atoms with E-state index in [4.69, 9.17) is 10.3 Å². The second-order valence-electron chi connectivity index (χ2n) is 1.33. The number of allylic oxidation sites excluding steroid dienone is 1. The molecule has 0 radical (unpaired) electrons. The van der Waals surface area contributed by atoms with Crippen molar-refractivity contribution in [1.82, 2.24) is 5.48 Å². The van der Waals surface area contributed by atoms with E-state index in [1.807, 2.05) is 0 Å². The molecule has 7 heteroatoms. The normalized spacial score (nSPS) is 8.17. The van der Waals surface area contributed by atoms with Gasteiger partial charge in [0.25, 0.3) is 0 Å². The number of amides is 2. The minimum Gasteiger partial charge on any atom is -0.449 e. The highest BCUT2D eigenvalue weighted by molar-refractivity contribution is 5.69. The van der Waals surface area contributed by atoms with Gasteiger partial charge in [0, 0.05) is 0 Å². The monoisotopic (exact) mass is 178 g/mol. The van der Waals surface area contributed by atoms with E-state index in [1.165, 1.54) is 11.6 Å². The summed E-state index contributed by atoms with van der Waals surface area (Å²) in [5.74, 6) is 0. The van der Waals surface area contributed by atoms with Crippen LogP contribution in [-0.2, 0) is 4.74 Å². The lowest BCUT2D eigenvalue weighted by Crippen LogP contribution is -2.25. The molecule has 0 atom stereocenters. The van der Waals surface area contributed by atoms with Crippen molar-refractivity contribution < 1.29 is 24.6 Å². The molecule has 70 valence electrons. The van der Waals surface area contributed by atoms with Crippen molar-refractivity contribution in [3.63, 3.8) is 0 Å². The Kier molecular flexibility index (Phi) is 9.91. The summed E-state index contributed by atoms with van der Waals surface area (Å²) in [5, 5.41) is 15.2. The molecule has 0 saturated carbocycles. The van der Waals surface area contributed by atoms with Gasteiger partial charge in [-0.3, -0.25) is 5.21 Å². The number of rotatable bonds is 1.